The van der Waals surface area contributed by atoms with Crippen LogP contribution >= 0.6 is 0 Å². The maximum atomic E-state index is 5.55. The molecular weight excluding hydrogens is 276 g/mol. The van der Waals surface area contributed by atoms with Crippen molar-refractivity contribution in [2.24, 2.45) is 7.05 Å². The largest absolute Gasteiger partial charge is 0.469 e. The van der Waals surface area contributed by atoms with Gasteiger partial charge in [-0.3, -0.25) is 4.68 Å². The summed E-state index contributed by atoms with van der Waals surface area (Å²) in [6.07, 6.45) is 7.14. The Morgan fingerprint density at radius 3 is 3.27 bits per heavy atom. The first-order chi connectivity index (χ1) is 10.7. The van der Waals surface area contributed by atoms with Crippen LogP contribution in [0.5, 0.6) is 0 Å². The van der Waals surface area contributed by atoms with Crippen LogP contribution in [-0.2, 0) is 20.0 Å². The number of hydrogen-bond donors (Lipinski definition) is 1. The Morgan fingerprint density at radius 2 is 2.36 bits per heavy atom. The van der Waals surface area contributed by atoms with Crippen LogP contribution in [0.4, 0.5) is 0 Å². The van der Waals surface area contributed by atoms with Crippen molar-refractivity contribution in [3.8, 4) is 0 Å². The quantitative estimate of drug-likeness (QED) is 0.807. The molecule has 1 atom stereocenters. The lowest BCUT2D eigenvalue weighted by molar-refractivity contribution is 0.411. The Kier molecular flexibility index (Phi) is 3.22. The fourth-order valence-electron chi connectivity index (χ4n) is 3.39. The van der Waals surface area contributed by atoms with Gasteiger partial charge in [0.05, 0.1) is 12.0 Å². The lowest BCUT2D eigenvalue weighted by Gasteiger charge is -2.22. The normalized spacial score (nSPS) is 17.8. The van der Waals surface area contributed by atoms with Crippen LogP contribution in [0.3, 0.4) is 0 Å². The zero-order valence-electron chi connectivity index (χ0n) is 13.0. The molecule has 5 nitrogen and oxygen atoms in total. The van der Waals surface area contributed by atoms with E-state index in [0.29, 0.717) is 6.04 Å². The molecule has 3 heterocycles. The Bertz CT molecular complexity index is 817. The molecule has 0 aromatic carbocycles. The van der Waals surface area contributed by atoms with Gasteiger partial charge >= 0.3 is 0 Å². The summed E-state index contributed by atoms with van der Waals surface area (Å²) in [6.45, 7) is 2.84. The highest BCUT2D eigenvalue weighted by molar-refractivity contribution is 5.78. The molecule has 0 saturated heterocycles. The SMILES string of the molecule is Cc1nn(C)c2ncc(CNC3CCCc4occc43)cc12. The van der Waals surface area contributed by atoms with Gasteiger partial charge in [-0.2, -0.15) is 5.10 Å². The molecule has 1 unspecified atom stereocenters. The van der Waals surface area contributed by atoms with Crippen molar-refractivity contribution < 1.29 is 4.42 Å². The maximum Gasteiger partial charge on any atom is 0.157 e. The Morgan fingerprint density at radius 1 is 1.45 bits per heavy atom. The summed E-state index contributed by atoms with van der Waals surface area (Å²) in [5.41, 5.74) is 4.48. The molecule has 4 rings (SSSR count). The number of pyridine rings is 1. The van der Waals surface area contributed by atoms with Crippen molar-refractivity contribution in [3.05, 3.63) is 47.2 Å². The first-order valence-electron chi connectivity index (χ1n) is 7.80. The molecule has 114 valence electrons. The van der Waals surface area contributed by atoms with E-state index in [-0.39, 0.29) is 0 Å². The van der Waals surface area contributed by atoms with E-state index in [4.69, 9.17) is 4.42 Å². The van der Waals surface area contributed by atoms with Gasteiger partial charge in [-0.15, -0.1) is 0 Å². The van der Waals surface area contributed by atoms with Crippen molar-refractivity contribution in [2.75, 3.05) is 0 Å². The van der Waals surface area contributed by atoms with Gasteiger partial charge in [0.15, 0.2) is 5.65 Å². The number of aryl methyl sites for hydroxylation is 3. The predicted molar refractivity (Wildman–Crippen MR) is 84.5 cm³/mol. The molecule has 0 fully saturated rings. The first kappa shape index (κ1) is 13.5. The average Bonchev–Trinajstić information content (AvgIpc) is 3.11. The van der Waals surface area contributed by atoms with E-state index in [2.05, 4.69) is 27.5 Å². The number of hydrogen-bond acceptors (Lipinski definition) is 4. The van der Waals surface area contributed by atoms with Gasteiger partial charge in [0.2, 0.25) is 0 Å². The van der Waals surface area contributed by atoms with Crippen molar-refractivity contribution in [3.63, 3.8) is 0 Å². The second-order valence-corrected chi connectivity index (χ2v) is 6.05. The number of aromatic nitrogens is 3. The van der Waals surface area contributed by atoms with E-state index in [1.807, 2.05) is 24.9 Å². The van der Waals surface area contributed by atoms with Crippen LogP contribution < -0.4 is 5.32 Å². The maximum absolute atomic E-state index is 5.55. The smallest absolute Gasteiger partial charge is 0.157 e. The van der Waals surface area contributed by atoms with Gasteiger partial charge in [0.1, 0.15) is 5.76 Å². The summed E-state index contributed by atoms with van der Waals surface area (Å²) in [6, 6.07) is 4.67. The van der Waals surface area contributed by atoms with E-state index in [9.17, 15) is 0 Å². The Labute approximate surface area is 129 Å². The second kappa shape index (κ2) is 5.25. The molecule has 1 aliphatic carbocycles. The highest BCUT2D eigenvalue weighted by atomic mass is 16.3. The molecular formula is C17H20N4O. The predicted octanol–water partition coefficient (Wildman–Crippen LogP) is 3.04. The molecule has 0 aliphatic heterocycles. The molecule has 1 N–H and O–H groups in total. The van der Waals surface area contributed by atoms with Crippen molar-refractivity contribution in [2.45, 2.75) is 38.8 Å². The van der Waals surface area contributed by atoms with Crippen LogP contribution in [0.15, 0.2) is 29.0 Å². The molecule has 3 aromatic rings. The lowest BCUT2D eigenvalue weighted by Crippen LogP contribution is -2.24. The van der Waals surface area contributed by atoms with E-state index < -0.39 is 0 Å². The Balaban J connectivity index is 1.54. The van der Waals surface area contributed by atoms with Gasteiger partial charge < -0.3 is 9.73 Å². The zero-order valence-corrected chi connectivity index (χ0v) is 13.0. The summed E-state index contributed by atoms with van der Waals surface area (Å²) >= 11 is 0. The number of nitrogens with zero attached hydrogens (tertiary/aromatic N) is 3. The van der Waals surface area contributed by atoms with Crippen molar-refractivity contribution in [1.82, 2.24) is 20.1 Å². The minimum atomic E-state index is 0.383. The highest BCUT2D eigenvalue weighted by Gasteiger charge is 2.22. The molecule has 0 spiro atoms. The first-order valence-corrected chi connectivity index (χ1v) is 7.80. The van der Waals surface area contributed by atoms with Crippen molar-refractivity contribution >= 4 is 11.0 Å². The minimum Gasteiger partial charge on any atom is -0.469 e. The lowest BCUT2D eigenvalue weighted by atomic mass is 9.93. The molecule has 22 heavy (non-hydrogen) atoms. The number of nitrogens with one attached hydrogen (secondary N) is 1. The van der Waals surface area contributed by atoms with Gasteiger partial charge in [-0.1, -0.05) is 0 Å². The van der Waals surface area contributed by atoms with Gasteiger partial charge in [-0.25, -0.2) is 4.98 Å². The standard InChI is InChI=1S/C17H20N4O/c1-11-14-8-12(10-19-17(14)21(2)20-11)9-18-15-4-3-5-16-13(15)6-7-22-16/h6-8,10,15,18H,3-5,9H2,1-2H3. The van der Waals surface area contributed by atoms with E-state index >= 15 is 0 Å². The highest BCUT2D eigenvalue weighted by Crippen LogP contribution is 2.30. The van der Waals surface area contributed by atoms with Gasteiger partial charge in [-0.05, 0) is 37.5 Å². The van der Waals surface area contributed by atoms with Crippen LogP contribution in [-0.4, -0.2) is 14.8 Å². The fourth-order valence-corrected chi connectivity index (χ4v) is 3.39. The monoisotopic (exact) mass is 296 g/mol. The second-order valence-electron chi connectivity index (χ2n) is 6.05. The van der Waals surface area contributed by atoms with Crippen LogP contribution in [0.2, 0.25) is 0 Å². The van der Waals surface area contributed by atoms with Crippen LogP contribution in [0.1, 0.15) is 41.5 Å². The summed E-state index contributed by atoms with van der Waals surface area (Å²) in [7, 11) is 1.93. The summed E-state index contributed by atoms with van der Waals surface area (Å²) in [5.74, 6) is 1.14. The molecule has 5 heteroatoms. The molecule has 0 bridgehead atoms. The third-order valence-electron chi connectivity index (χ3n) is 4.52. The number of fused-ring (bicyclic) bond motifs is 2. The fraction of sp³-hybridized carbons (Fsp3) is 0.412. The molecule has 0 radical (unpaired) electrons. The topological polar surface area (TPSA) is 55.9 Å². The third kappa shape index (κ3) is 2.22. The zero-order chi connectivity index (χ0) is 15.1. The van der Waals surface area contributed by atoms with Crippen LogP contribution in [0.25, 0.3) is 11.0 Å². The summed E-state index contributed by atoms with van der Waals surface area (Å²) in [4.78, 5) is 4.54. The Hall–Kier alpha value is -2.14. The van der Waals surface area contributed by atoms with Crippen LogP contribution in [0, 0.1) is 6.92 Å². The van der Waals surface area contributed by atoms with Gasteiger partial charge in [0.25, 0.3) is 0 Å². The summed E-state index contributed by atoms with van der Waals surface area (Å²) in [5, 5.41) is 9.20. The average molecular weight is 296 g/mol. The minimum absolute atomic E-state index is 0.383. The molecule has 3 aromatic heterocycles. The number of furan rings is 1. The van der Waals surface area contributed by atoms with E-state index in [1.54, 1.807) is 6.26 Å². The van der Waals surface area contributed by atoms with E-state index in [1.165, 1.54) is 17.5 Å². The number of rotatable bonds is 3. The third-order valence-corrected chi connectivity index (χ3v) is 4.52. The summed E-state index contributed by atoms with van der Waals surface area (Å²) < 4.78 is 7.39. The van der Waals surface area contributed by atoms with Gasteiger partial charge in [0, 0.05) is 43.2 Å². The molecule has 0 amide bonds. The van der Waals surface area contributed by atoms with E-state index in [0.717, 1.165) is 41.9 Å². The van der Waals surface area contributed by atoms with Crippen molar-refractivity contribution in [1.29, 1.82) is 0 Å². The molecule has 1 aliphatic rings. The molecule has 0 saturated carbocycles.